The molecule has 0 spiro atoms. The van der Waals surface area contributed by atoms with Crippen LogP contribution in [0, 0.1) is 0 Å². The van der Waals surface area contributed by atoms with Crippen molar-refractivity contribution in [1.29, 1.82) is 0 Å². The summed E-state index contributed by atoms with van der Waals surface area (Å²) in [7, 11) is -2.95. The lowest BCUT2D eigenvalue weighted by molar-refractivity contribution is 0.149. The first kappa shape index (κ1) is 14.9. The predicted octanol–water partition coefficient (Wildman–Crippen LogP) is 0.824. The van der Waals surface area contributed by atoms with Gasteiger partial charge in [-0.15, -0.1) is 0 Å². The molecule has 0 aliphatic heterocycles. The van der Waals surface area contributed by atoms with E-state index in [0.717, 1.165) is 6.54 Å². The van der Waals surface area contributed by atoms with Crippen LogP contribution in [0.25, 0.3) is 0 Å². The Labute approximate surface area is 93.3 Å². The number of hydrogen-bond donors (Lipinski definition) is 1. The lowest BCUT2D eigenvalue weighted by Gasteiger charge is -2.10. The molecule has 5 heteroatoms. The molecule has 0 radical (unpaired) electrons. The quantitative estimate of drug-likeness (QED) is 0.635. The standard InChI is InChI=1S/C10H23NO3S/c1-9(2)11-5-6-14-7-8-15(12,13)10(3)4/h9-11H,5-8H2,1-4H3. The van der Waals surface area contributed by atoms with Crippen molar-refractivity contribution in [2.45, 2.75) is 39.0 Å². The Morgan fingerprint density at radius 2 is 1.73 bits per heavy atom. The molecule has 0 saturated carbocycles. The summed E-state index contributed by atoms with van der Waals surface area (Å²) >= 11 is 0. The van der Waals surface area contributed by atoms with Gasteiger partial charge in [-0.1, -0.05) is 13.8 Å². The third kappa shape index (κ3) is 7.76. The molecule has 0 heterocycles. The van der Waals surface area contributed by atoms with Crippen LogP contribution in [0.2, 0.25) is 0 Å². The van der Waals surface area contributed by atoms with Gasteiger partial charge in [0.1, 0.15) is 0 Å². The Kier molecular flexibility index (Phi) is 7.13. The van der Waals surface area contributed by atoms with E-state index in [-0.39, 0.29) is 11.0 Å². The number of hydrogen-bond acceptors (Lipinski definition) is 4. The van der Waals surface area contributed by atoms with Gasteiger partial charge < -0.3 is 10.1 Å². The molecule has 0 aliphatic carbocycles. The molecular formula is C10H23NO3S. The molecule has 0 amide bonds. The van der Waals surface area contributed by atoms with Crippen molar-refractivity contribution in [3.63, 3.8) is 0 Å². The Hall–Kier alpha value is -0.130. The molecule has 0 aromatic rings. The van der Waals surface area contributed by atoms with Crippen molar-refractivity contribution in [2.75, 3.05) is 25.5 Å². The minimum Gasteiger partial charge on any atom is -0.379 e. The molecule has 0 atom stereocenters. The Morgan fingerprint density at radius 1 is 1.13 bits per heavy atom. The Balaban J connectivity index is 3.47. The lowest BCUT2D eigenvalue weighted by Crippen LogP contribution is -2.28. The van der Waals surface area contributed by atoms with E-state index < -0.39 is 9.84 Å². The van der Waals surface area contributed by atoms with E-state index in [1.165, 1.54) is 0 Å². The van der Waals surface area contributed by atoms with Gasteiger partial charge in [0.2, 0.25) is 0 Å². The van der Waals surface area contributed by atoms with E-state index in [9.17, 15) is 8.42 Å². The van der Waals surface area contributed by atoms with E-state index in [2.05, 4.69) is 19.2 Å². The fraction of sp³-hybridized carbons (Fsp3) is 1.00. The summed E-state index contributed by atoms with van der Waals surface area (Å²) in [5.74, 6) is 0.117. The summed E-state index contributed by atoms with van der Waals surface area (Å²) in [6.07, 6.45) is 0. The van der Waals surface area contributed by atoms with E-state index in [0.29, 0.717) is 19.3 Å². The van der Waals surface area contributed by atoms with Crippen molar-refractivity contribution < 1.29 is 13.2 Å². The summed E-state index contributed by atoms with van der Waals surface area (Å²) in [6.45, 7) is 9.11. The van der Waals surface area contributed by atoms with Crippen molar-refractivity contribution in [3.05, 3.63) is 0 Å². The monoisotopic (exact) mass is 237 g/mol. The highest BCUT2D eigenvalue weighted by molar-refractivity contribution is 7.91. The fourth-order valence-electron chi connectivity index (χ4n) is 0.933. The molecule has 0 saturated heterocycles. The molecule has 0 aromatic carbocycles. The van der Waals surface area contributed by atoms with Crippen LogP contribution in [0.5, 0.6) is 0 Å². The van der Waals surface area contributed by atoms with Gasteiger partial charge in [-0.25, -0.2) is 8.42 Å². The second kappa shape index (κ2) is 7.19. The largest absolute Gasteiger partial charge is 0.379 e. The van der Waals surface area contributed by atoms with E-state index >= 15 is 0 Å². The molecule has 1 N–H and O–H groups in total. The van der Waals surface area contributed by atoms with E-state index in [4.69, 9.17) is 4.74 Å². The van der Waals surface area contributed by atoms with Crippen LogP contribution in [0.15, 0.2) is 0 Å². The smallest absolute Gasteiger partial charge is 0.154 e. The molecule has 4 nitrogen and oxygen atoms in total. The minimum absolute atomic E-state index is 0.117. The maximum absolute atomic E-state index is 11.4. The highest BCUT2D eigenvalue weighted by Gasteiger charge is 2.15. The first-order valence-electron chi connectivity index (χ1n) is 5.39. The van der Waals surface area contributed by atoms with E-state index in [1.54, 1.807) is 13.8 Å². The number of rotatable bonds is 8. The molecular weight excluding hydrogens is 214 g/mol. The normalized spacial score (nSPS) is 12.7. The summed E-state index contributed by atoms with van der Waals surface area (Å²) < 4.78 is 28.0. The van der Waals surface area contributed by atoms with Gasteiger partial charge in [-0.2, -0.15) is 0 Å². The minimum atomic E-state index is -2.95. The fourth-order valence-corrected chi connectivity index (χ4v) is 1.75. The third-order valence-electron chi connectivity index (χ3n) is 2.03. The summed E-state index contributed by atoms with van der Waals surface area (Å²) in [4.78, 5) is 0. The summed E-state index contributed by atoms with van der Waals surface area (Å²) in [6, 6.07) is 0.438. The van der Waals surface area contributed by atoms with Crippen LogP contribution in [-0.4, -0.2) is 45.2 Å². The zero-order chi connectivity index (χ0) is 11.9. The topological polar surface area (TPSA) is 55.4 Å². The van der Waals surface area contributed by atoms with Gasteiger partial charge in [-0.3, -0.25) is 0 Å². The summed E-state index contributed by atoms with van der Waals surface area (Å²) in [5.41, 5.74) is 0. The van der Waals surface area contributed by atoms with Crippen molar-refractivity contribution in [2.24, 2.45) is 0 Å². The lowest BCUT2D eigenvalue weighted by atomic mass is 10.4. The van der Waals surface area contributed by atoms with Crippen LogP contribution in [0.1, 0.15) is 27.7 Å². The first-order valence-corrected chi connectivity index (χ1v) is 7.10. The second-order valence-electron chi connectivity index (χ2n) is 4.14. The number of ether oxygens (including phenoxy) is 1. The maximum atomic E-state index is 11.4. The molecule has 0 aromatic heterocycles. The van der Waals surface area contributed by atoms with Gasteiger partial charge in [-0.05, 0) is 13.8 Å². The number of nitrogens with one attached hydrogen (secondary N) is 1. The van der Waals surface area contributed by atoms with Crippen LogP contribution in [0.4, 0.5) is 0 Å². The molecule has 0 unspecified atom stereocenters. The Bertz CT molecular complexity index is 247. The van der Waals surface area contributed by atoms with Gasteiger partial charge in [0.15, 0.2) is 9.84 Å². The molecule has 0 rings (SSSR count). The summed E-state index contributed by atoms with van der Waals surface area (Å²) in [5, 5.41) is 2.88. The average molecular weight is 237 g/mol. The van der Waals surface area contributed by atoms with Gasteiger partial charge in [0.05, 0.1) is 24.2 Å². The molecule has 0 bridgehead atoms. The SMILES string of the molecule is CC(C)NCCOCCS(=O)(=O)C(C)C. The molecule has 0 aliphatic rings. The van der Waals surface area contributed by atoms with Gasteiger partial charge in [0, 0.05) is 12.6 Å². The second-order valence-corrected chi connectivity index (χ2v) is 6.81. The average Bonchev–Trinajstić information content (AvgIpc) is 2.10. The highest BCUT2D eigenvalue weighted by Crippen LogP contribution is 1.99. The maximum Gasteiger partial charge on any atom is 0.154 e. The van der Waals surface area contributed by atoms with E-state index in [1.807, 2.05) is 0 Å². The molecule has 0 fully saturated rings. The van der Waals surface area contributed by atoms with Crippen LogP contribution >= 0.6 is 0 Å². The van der Waals surface area contributed by atoms with Gasteiger partial charge >= 0.3 is 0 Å². The highest BCUT2D eigenvalue weighted by atomic mass is 32.2. The van der Waals surface area contributed by atoms with Crippen molar-refractivity contribution >= 4 is 9.84 Å². The zero-order valence-electron chi connectivity index (χ0n) is 10.1. The van der Waals surface area contributed by atoms with Crippen LogP contribution < -0.4 is 5.32 Å². The first-order chi connectivity index (χ1) is 6.86. The Morgan fingerprint density at radius 3 is 2.20 bits per heavy atom. The zero-order valence-corrected chi connectivity index (χ0v) is 10.9. The molecule has 15 heavy (non-hydrogen) atoms. The number of sulfone groups is 1. The third-order valence-corrected chi connectivity index (χ3v) is 4.20. The van der Waals surface area contributed by atoms with Crippen molar-refractivity contribution in [3.8, 4) is 0 Å². The van der Waals surface area contributed by atoms with Crippen LogP contribution in [-0.2, 0) is 14.6 Å². The predicted molar refractivity (Wildman–Crippen MR) is 62.9 cm³/mol. The molecule has 92 valence electrons. The van der Waals surface area contributed by atoms with Gasteiger partial charge in [0.25, 0.3) is 0 Å². The van der Waals surface area contributed by atoms with Crippen molar-refractivity contribution in [1.82, 2.24) is 5.32 Å². The van der Waals surface area contributed by atoms with Crippen LogP contribution in [0.3, 0.4) is 0 Å².